The summed E-state index contributed by atoms with van der Waals surface area (Å²) in [7, 11) is 0. The molecular formula is C19H38NaO3. The summed E-state index contributed by atoms with van der Waals surface area (Å²) in [4.78, 5) is 11.3. The maximum atomic E-state index is 11.3. The fraction of sp³-hybridized carbons (Fsp3) is 0.947. The Hall–Kier alpha value is 0.430. The first-order valence-electron chi connectivity index (χ1n) is 9.57. The average molecular weight is 338 g/mol. The van der Waals surface area contributed by atoms with Crippen molar-refractivity contribution in [2.75, 3.05) is 13.2 Å². The molecule has 1 radical (unpaired) electrons. The second-order valence-electron chi connectivity index (χ2n) is 6.29. The van der Waals surface area contributed by atoms with Gasteiger partial charge < -0.3 is 9.84 Å². The molecule has 0 aromatic rings. The van der Waals surface area contributed by atoms with Crippen molar-refractivity contribution in [3.63, 3.8) is 0 Å². The molecule has 0 aliphatic rings. The van der Waals surface area contributed by atoms with Crippen LogP contribution in [0.2, 0.25) is 0 Å². The van der Waals surface area contributed by atoms with E-state index in [1.165, 1.54) is 70.6 Å². The van der Waals surface area contributed by atoms with E-state index in [1.807, 2.05) is 0 Å². The molecule has 0 amide bonds. The fourth-order valence-electron chi connectivity index (χ4n) is 2.61. The second kappa shape index (κ2) is 22.4. The van der Waals surface area contributed by atoms with Crippen LogP contribution in [0.25, 0.3) is 0 Å². The van der Waals surface area contributed by atoms with E-state index in [0.717, 1.165) is 12.8 Å². The van der Waals surface area contributed by atoms with Crippen molar-refractivity contribution < 1.29 is 14.6 Å². The van der Waals surface area contributed by atoms with Gasteiger partial charge in [-0.2, -0.15) is 0 Å². The molecule has 0 aliphatic carbocycles. The van der Waals surface area contributed by atoms with E-state index >= 15 is 0 Å². The van der Waals surface area contributed by atoms with Crippen molar-refractivity contribution in [1.29, 1.82) is 0 Å². The first-order chi connectivity index (χ1) is 10.8. The smallest absolute Gasteiger partial charge is 0.305 e. The molecule has 0 aliphatic heterocycles. The molecule has 0 saturated heterocycles. The van der Waals surface area contributed by atoms with Gasteiger partial charge >= 0.3 is 5.97 Å². The number of rotatable bonds is 17. The number of ether oxygens (including phenoxy) is 1. The minimum absolute atomic E-state index is 0. The van der Waals surface area contributed by atoms with Gasteiger partial charge in [0.1, 0.15) is 0 Å². The van der Waals surface area contributed by atoms with Crippen molar-refractivity contribution in [3.8, 4) is 0 Å². The third-order valence-electron chi connectivity index (χ3n) is 4.05. The first kappa shape index (κ1) is 25.7. The average Bonchev–Trinajstić information content (AvgIpc) is 2.52. The topological polar surface area (TPSA) is 46.5 Å². The molecule has 0 rings (SSSR count). The minimum Gasteiger partial charge on any atom is -0.466 e. The van der Waals surface area contributed by atoms with Gasteiger partial charge in [-0.05, 0) is 6.42 Å². The predicted molar refractivity (Wildman–Crippen MR) is 98.7 cm³/mol. The van der Waals surface area contributed by atoms with Crippen molar-refractivity contribution in [3.05, 3.63) is 0 Å². The van der Waals surface area contributed by atoms with E-state index in [2.05, 4.69) is 6.92 Å². The molecule has 4 heteroatoms. The Balaban J connectivity index is 0. The summed E-state index contributed by atoms with van der Waals surface area (Å²) in [5.74, 6) is -0.114. The number of hydrogen-bond acceptors (Lipinski definition) is 3. The Morgan fingerprint density at radius 3 is 1.61 bits per heavy atom. The van der Waals surface area contributed by atoms with Crippen molar-refractivity contribution >= 4 is 35.5 Å². The zero-order valence-electron chi connectivity index (χ0n) is 15.8. The van der Waals surface area contributed by atoms with E-state index in [0.29, 0.717) is 19.4 Å². The van der Waals surface area contributed by atoms with E-state index in [-0.39, 0.29) is 42.1 Å². The van der Waals surface area contributed by atoms with E-state index in [4.69, 9.17) is 9.84 Å². The molecule has 0 saturated carbocycles. The Morgan fingerprint density at radius 1 is 0.739 bits per heavy atom. The monoisotopic (exact) mass is 337 g/mol. The second-order valence-corrected chi connectivity index (χ2v) is 6.29. The summed E-state index contributed by atoms with van der Waals surface area (Å²) < 4.78 is 4.99. The van der Waals surface area contributed by atoms with Crippen molar-refractivity contribution in [2.24, 2.45) is 0 Å². The van der Waals surface area contributed by atoms with E-state index < -0.39 is 0 Å². The van der Waals surface area contributed by atoms with Crippen LogP contribution < -0.4 is 0 Å². The van der Waals surface area contributed by atoms with Gasteiger partial charge in [-0.3, -0.25) is 4.79 Å². The third kappa shape index (κ3) is 22.4. The minimum atomic E-state index is -0.114. The first-order valence-corrected chi connectivity index (χ1v) is 9.57. The molecule has 0 fully saturated rings. The number of aliphatic hydroxyl groups excluding tert-OH is 1. The Labute approximate surface area is 166 Å². The van der Waals surface area contributed by atoms with Crippen molar-refractivity contribution in [2.45, 2.75) is 103 Å². The summed E-state index contributed by atoms with van der Waals surface area (Å²) in [6.07, 6.45) is 18.2. The van der Waals surface area contributed by atoms with Crippen LogP contribution >= 0.6 is 0 Å². The van der Waals surface area contributed by atoms with Crippen LogP contribution in [0, 0.1) is 0 Å². The van der Waals surface area contributed by atoms with Crippen LogP contribution in [0.4, 0.5) is 0 Å². The number of carbonyl (C=O) groups excluding carboxylic acids is 1. The molecular weight excluding hydrogens is 299 g/mol. The molecule has 0 unspecified atom stereocenters. The molecule has 0 bridgehead atoms. The molecule has 0 heterocycles. The summed E-state index contributed by atoms with van der Waals surface area (Å²) in [5, 5.41) is 8.59. The van der Waals surface area contributed by atoms with Gasteiger partial charge in [0.15, 0.2) is 0 Å². The van der Waals surface area contributed by atoms with Crippen LogP contribution in [0.1, 0.15) is 103 Å². The third-order valence-corrected chi connectivity index (χ3v) is 4.05. The Bertz CT molecular complexity index is 235. The zero-order valence-corrected chi connectivity index (χ0v) is 17.8. The van der Waals surface area contributed by atoms with Crippen LogP contribution in [-0.4, -0.2) is 53.8 Å². The van der Waals surface area contributed by atoms with E-state index in [1.54, 1.807) is 0 Å². The quantitative estimate of drug-likeness (QED) is 0.230. The van der Waals surface area contributed by atoms with Gasteiger partial charge in [-0.25, -0.2) is 0 Å². The van der Waals surface area contributed by atoms with Crippen LogP contribution in [0.3, 0.4) is 0 Å². The largest absolute Gasteiger partial charge is 0.466 e. The maximum absolute atomic E-state index is 11.3. The van der Waals surface area contributed by atoms with Gasteiger partial charge in [-0.1, -0.05) is 84.0 Å². The zero-order chi connectivity index (χ0) is 16.3. The van der Waals surface area contributed by atoms with Crippen LogP contribution in [0.5, 0.6) is 0 Å². The number of hydrogen-bond donors (Lipinski definition) is 1. The molecule has 0 aromatic heterocycles. The molecule has 0 aromatic carbocycles. The molecule has 3 nitrogen and oxygen atoms in total. The number of carbonyl (C=O) groups is 1. The SMILES string of the molecule is CCCCCCCCCCCCCCCC(=O)OCCCO.[Na]. The molecule has 133 valence electrons. The van der Waals surface area contributed by atoms with Gasteiger partial charge in [0.2, 0.25) is 0 Å². The van der Waals surface area contributed by atoms with Crippen LogP contribution in [0.15, 0.2) is 0 Å². The van der Waals surface area contributed by atoms with Gasteiger partial charge in [0, 0.05) is 49.0 Å². The molecule has 0 atom stereocenters. The van der Waals surface area contributed by atoms with Gasteiger partial charge in [0.05, 0.1) is 6.61 Å². The number of unbranched alkanes of at least 4 members (excludes halogenated alkanes) is 12. The maximum Gasteiger partial charge on any atom is 0.305 e. The summed E-state index contributed by atoms with van der Waals surface area (Å²) >= 11 is 0. The summed E-state index contributed by atoms with van der Waals surface area (Å²) in [6.45, 7) is 2.71. The van der Waals surface area contributed by atoms with E-state index in [9.17, 15) is 4.79 Å². The standard InChI is InChI=1S/C19H38O3.Na/c1-2-3-4-5-6-7-8-9-10-11-12-13-14-16-19(21)22-18-15-17-20;/h20H,2-18H2,1H3;. The normalized spacial score (nSPS) is 10.3. The van der Waals surface area contributed by atoms with Gasteiger partial charge in [-0.15, -0.1) is 0 Å². The summed E-state index contributed by atoms with van der Waals surface area (Å²) in [5.41, 5.74) is 0. The summed E-state index contributed by atoms with van der Waals surface area (Å²) in [6, 6.07) is 0. The molecule has 23 heavy (non-hydrogen) atoms. The Kier molecular flexibility index (Phi) is 25.0. The number of aliphatic hydroxyl groups is 1. The molecule has 1 N–H and O–H groups in total. The predicted octanol–water partition coefficient (Wildman–Crippen LogP) is 5.01. The van der Waals surface area contributed by atoms with Gasteiger partial charge in [0.25, 0.3) is 0 Å². The van der Waals surface area contributed by atoms with Crippen molar-refractivity contribution in [1.82, 2.24) is 0 Å². The number of esters is 1. The fourth-order valence-corrected chi connectivity index (χ4v) is 2.61. The Morgan fingerprint density at radius 2 is 1.17 bits per heavy atom. The molecule has 0 spiro atoms. The van der Waals surface area contributed by atoms with Crippen LogP contribution in [-0.2, 0) is 9.53 Å².